The van der Waals surface area contributed by atoms with Crippen molar-refractivity contribution in [3.8, 4) is 5.69 Å². The first-order valence-electron chi connectivity index (χ1n) is 8.04. The third-order valence-electron chi connectivity index (χ3n) is 4.24. The van der Waals surface area contributed by atoms with Crippen LogP contribution < -0.4 is 10.9 Å². The number of aryl methyl sites for hydroxylation is 1. The van der Waals surface area contributed by atoms with Gasteiger partial charge in [0.15, 0.2) is 5.82 Å². The average molecular weight is 308 g/mol. The molecule has 118 valence electrons. The number of nitrogens with zero attached hydrogens (tertiary/aromatic N) is 2. The Morgan fingerprint density at radius 1 is 1.17 bits per heavy atom. The lowest BCUT2D eigenvalue weighted by molar-refractivity contribution is -0.672. The number of aromatic nitrogens is 2. The van der Waals surface area contributed by atoms with Gasteiger partial charge in [0.25, 0.3) is 5.56 Å². The Bertz CT molecular complexity index is 895. The Kier molecular flexibility index (Phi) is 4.26. The van der Waals surface area contributed by atoms with Crippen molar-refractivity contribution in [2.24, 2.45) is 0 Å². The SMILES string of the molecule is CC[C@H]([NH2+]C)c1nc2ccccc2c(=O)n1-c1cccc(C)c1. The van der Waals surface area contributed by atoms with Gasteiger partial charge in [0.05, 0.1) is 23.6 Å². The first kappa shape index (κ1) is 15.4. The standard InChI is InChI=1S/C19H21N3O/c1-4-16(20-3)18-21-17-11-6-5-10-15(17)19(23)22(18)14-9-7-8-13(2)12-14/h5-12,16,20H,4H2,1-3H3/p+1/t16-/m0/s1. The topological polar surface area (TPSA) is 51.5 Å². The van der Waals surface area contributed by atoms with E-state index < -0.39 is 0 Å². The van der Waals surface area contributed by atoms with Crippen LogP contribution in [0.5, 0.6) is 0 Å². The highest BCUT2D eigenvalue weighted by Gasteiger charge is 2.21. The van der Waals surface area contributed by atoms with Gasteiger partial charge >= 0.3 is 0 Å². The number of quaternary nitrogens is 1. The van der Waals surface area contributed by atoms with E-state index in [-0.39, 0.29) is 11.6 Å². The lowest BCUT2D eigenvalue weighted by Gasteiger charge is -2.18. The lowest BCUT2D eigenvalue weighted by atomic mass is 10.1. The second-order valence-corrected chi connectivity index (χ2v) is 5.81. The molecule has 3 rings (SSSR count). The molecule has 0 saturated carbocycles. The summed E-state index contributed by atoms with van der Waals surface area (Å²) in [6, 6.07) is 15.7. The van der Waals surface area contributed by atoms with Crippen molar-refractivity contribution in [3.63, 3.8) is 0 Å². The molecular weight excluding hydrogens is 286 g/mol. The van der Waals surface area contributed by atoms with Gasteiger partial charge in [0.1, 0.15) is 6.04 Å². The smallest absolute Gasteiger partial charge is 0.266 e. The number of rotatable bonds is 4. The molecule has 0 amide bonds. The molecule has 4 nitrogen and oxygen atoms in total. The Morgan fingerprint density at radius 3 is 2.65 bits per heavy atom. The molecule has 4 heteroatoms. The summed E-state index contributed by atoms with van der Waals surface area (Å²) in [5.74, 6) is 0.810. The maximum atomic E-state index is 13.1. The summed E-state index contributed by atoms with van der Waals surface area (Å²) < 4.78 is 1.77. The van der Waals surface area contributed by atoms with E-state index in [1.54, 1.807) is 4.57 Å². The maximum absolute atomic E-state index is 13.1. The van der Waals surface area contributed by atoms with Gasteiger partial charge in [-0.3, -0.25) is 9.36 Å². The summed E-state index contributed by atoms with van der Waals surface area (Å²) >= 11 is 0. The fourth-order valence-corrected chi connectivity index (χ4v) is 2.98. The Balaban J connectivity index is 2.39. The van der Waals surface area contributed by atoms with E-state index in [1.807, 2.05) is 62.5 Å². The molecule has 1 heterocycles. The average Bonchev–Trinajstić information content (AvgIpc) is 2.56. The first-order chi connectivity index (χ1) is 11.2. The molecule has 0 aliphatic heterocycles. The third kappa shape index (κ3) is 2.78. The second kappa shape index (κ2) is 6.34. The van der Waals surface area contributed by atoms with Gasteiger partial charge in [-0.2, -0.15) is 0 Å². The number of para-hydroxylation sites is 1. The van der Waals surface area contributed by atoms with Crippen molar-refractivity contribution in [3.05, 3.63) is 70.3 Å². The molecule has 2 N–H and O–H groups in total. The molecule has 0 aliphatic rings. The van der Waals surface area contributed by atoms with Crippen LogP contribution in [0.4, 0.5) is 0 Å². The van der Waals surface area contributed by atoms with E-state index in [4.69, 9.17) is 4.98 Å². The van der Waals surface area contributed by atoms with Crippen LogP contribution in [0.1, 0.15) is 30.8 Å². The fraction of sp³-hybridized carbons (Fsp3) is 0.263. The van der Waals surface area contributed by atoms with Crippen LogP contribution in [0.3, 0.4) is 0 Å². The van der Waals surface area contributed by atoms with Crippen molar-refractivity contribution in [1.29, 1.82) is 0 Å². The Hall–Kier alpha value is -2.46. The van der Waals surface area contributed by atoms with Crippen molar-refractivity contribution < 1.29 is 5.32 Å². The minimum atomic E-state index is -0.00324. The van der Waals surface area contributed by atoms with Gasteiger partial charge < -0.3 is 5.32 Å². The van der Waals surface area contributed by atoms with Gasteiger partial charge in [-0.15, -0.1) is 0 Å². The molecular formula is C19H22N3O+. The van der Waals surface area contributed by atoms with Crippen LogP contribution in [0.15, 0.2) is 53.3 Å². The number of nitrogens with two attached hydrogens (primary N) is 1. The van der Waals surface area contributed by atoms with E-state index in [9.17, 15) is 4.79 Å². The van der Waals surface area contributed by atoms with E-state index in [1.165, 1.54) is 0 Å². The number of fused-ring (bicyclic) bond motifs is 1. The zero-order valence-corrected chi connectivity index (χ0v) is 13.8. The molecule has 3 aromatic rings. The zero-order chi connectivity index (χ0) is 16.4. The molecule has 2 aromatic carbocycles. The van der Waals surface area contributed by atoms with Gasteiger partial charge in [0, 0.05) is 6.42 Å². The van der Waals surface area contributed by atoms with Crippen LogP contribution in [-0.2, 0) is 0 Å². The van der Waals surface area contributed by atoms with E-state index >= 15 is 0 Å². The normalized spacial score (nSPS) is 12.5. The fourth-order valence-electron chi connectivity index (χ4n) is 2.98. The third-order valence-corrected chi connectivity index (χ3v) is 4.24. The van der Waals surface area contributed by atoms with Gasteiger partial charge in [-0.25, -0.2) is 4.98 Å². The van der Waals surface area contributed by atoms with Crippen LogP contribution >= 0.6 is 0 Å². The molecule has 0 fully saturated rings. The highest BCUT2D eigenvalue weighted by molar-refractivity contribution is 5.77. The predicted molar refractivity (Wildman–Crippen MR) is 93.0 cm³/mol. The molecule has 0 saturated heterocycles. The molecule has 0 unspecified atom stereocenters. The summed E-state index contributed by atoms with van der Waals surface area (Å²) in [7, 11) is 2.02. The van der Waals surface area contributed by atoms with Crippen LogP contribution in [-0.4, -0.2) is 16.6 Å². The van der Waals surface area contributed by atoms with E-state index in [2.05, 4.69) is 12.2 Å². The molecule has 0 radical (unpaired) electrons. The minimum Gasteiger partial charge on any atom is -0.340 e. The van der Waals surface area contributed by atoms with E-state index in [0.717, 1.165) is 29.0 Å². The quantitative estimate of drug-likeness (QED) is 0.804. The Labute approximate surface area is 135 Å². The monoisotopic (exact) mass is 308 g/mol. The second-order valence-electron chi connectivity index (χ2n) is 5.81. The maximum Gasteiger partial charge on any atom is 0.266 e. The number of benzene rings is 2. The molecule has 1 atom stereocenters. The molecule has 1 aromatic heterocycles. The molecule has 0 spiro atoms. The van der Waals surface area contributed by atoms with Crippen molar-refractivity contribution in [1.82, 2.24) is 9.55 Å². The first-order valence-corrected chi connectivity index (χ1v) is 8.04. The highest BCUT2D eigenvalue weighted by Crippen LogP contribution is 2.18. The van der Waals surface area contributed by atoms with Crippen molar-refractivity contribution >= 4 is 10.9 Å². The zero-order valence-electron chi connectivity index (χ0n) is 13.8. The molecule has 0 aliphatic carbocycles. The number of hydrogen-bond acceptors (Lipinski definition) is 2. The van der Waals surface area contributed by atoms with Gasteiger partial charge in [-0.05, 0) is 36.8 Å². The minimum absolute atomic E-state index is 0.00324. The predicted octanol–water partition coefficient (Wildman–Crippen LogP) is 2.34. The van der Waals surface area contributed by atoms with Gasteiger partial charge in [-0.1, -0.05) is 31.2 Å². The highest BCUT2D eigenvalue weighted by atomic mass is 16.1. The van der Waals surface area contributed by atoms with E-state index in [0.29, 0.717) is 5.39 Å². The van der Waals surface area contributed by atoms with Crippen LogP contribution in [0.25, 0.3) is 16.6 Å². The number of hydrogen-bond donors (Lipinski definition) is 1. The lowest BCUT2D eigenvalue weighted by Crippen LogP contribution is -2.81. The summed E-state index contributed by atoms with van der Waals surface area (Å²) in [4.78, 5) is 17.9. The molecule has 0 bridgehead atoms. The van der Waals surface area contributed by atoms with Gasteiger partial charge in [0.2, 0.25) is 0 Å². The Morgan fingerprint density at radius 2 is 1.96 bits per heavy atom. The van der Waals surface area contributed by atoms with Crippen LogP contribution in [0, 0.1) is 6.92 Å². The summed E-state index contributed by atoms with van der Waals surface area (Å²) in [6.45, 7) is 4.15. The summed E-state index contributed by atoms with van der Waals surface area (Å²) in [5, 5.41) is 2.77. The molecule has 23 heavy (non-hydrogen) atoms. The summed E-state index contributed by atoms with van der Waals surface area (Å²) in [6.07, 6.45) is 0.910. The summed E-state index contributed by atoms with van der Waals surface area (Å²) in [5.41, 5.74) is 2.76. The largest absolute Gasteiger partial charge is 0.340 e. The van der Waals surface area contributed by atoms with Crippen LogP contribution in [0.2, 0.25) is 0 Å². The van der Waals surface area contributed by atoms with Crippen molar-refractivity contribution in [2.75, 3.05) is 7.05 Å². The van der Waals surface area contributed by atoms with Crippen molar-refractivity contribution in [2.45, 2.75) is 26.3 Å².